The van der Waals surface area contributed by atoms with Crippen LogP contribution in [0.5, 0.6) is 0 Å². The summed E-state index contributed by atoms with van der Waals surface area (Å²) >= 11 is 13.4. The van der Waals surface area contributed by atoms with Crippen LogP contribution >= 0.6 is 47.1 Å². The van der Waals surface area contributed by atoms with E-state index >= 15 is 0 Å². The number of amides is 2. The minimum atomic E-state index is -0.472. The number of halogens is 4. The quantitative estimate of drug-likeness (QED) is 0.127. The summed E-state index contributed by atoms with van der Waals surface area (Å²) in [6.45, 7) is 7.67. The summed E-state index contributed by atoms with van der Waals surface area (Å²) in [7, 11) is 0. The molecule has 1 saturated carbocycles. The molecule has 2 aromatic rings. The van der Waals surface area contributed by atoms with Crippen molar-refractivity contribution in [3.8, 4) is 0 Å². The Labute approximate surface area is 271 Å². The summed E-state index contributed by atoms with van der Waals surface area (Å²) in [5, 5.41) is 16.7. The minimum absolute atomic E-state index is 0.00759. The lowest BCUT2D eigenvalue weighted by Crippen LogP contribution is -2.30. The normalized spacial score (nSPS) is 13.7. The van der Waals surface area contributed by atoms with Gasteiger partial charge in [0.25, 0.3) is 11.8 Å². The second-order valence-corrected chi connectivity index (χ2v) is 11.5. The van der Waals surface area contributed by atoms with Gasteiger partial charge in [0.1, 0.15) is 21.4 Å². The Hall–Kier alpha value is -2.48. The zero-order valence-electron chi connectivity index (χ0n) is 24.6. The van der Waals surface area contributed by atoms with Gasteiger partial charge < -0.3 is 22.1 Å². The average Bonchev–Trinajstić information content (AvgIpc) is 2.93. The van der Waals surface area contributed by atoms with Crippen LogP contribution in [-0.4, -0.2) is 11.8 Å². The summed E-state index contributed by atoms with van der Waals surface area (Å²) < 4.78 is 27.2. The molecule has 0 aromatic heterocycles. The molecule has 0 heterocycles. The van der Waals surface area contributed by atoms with Crippen LogP contribution in [0.3, 0.4) is 0 Å². The number of carbonyl (C=O) groups is 2. The van der Waals surface area contributed by atoms with Gasteiger partial charge >= 0.3 is 0 Å². The van der Waals surface area contributed by atoms with Gasteiger partial charge in [0.2, 0.25) is 0 Å². The first-order valence-corrected chi connectivity index (χ1v) is 16.1. The monoisotopic (exact) mass is 676 g/mol. The van der Waals surface area contributed by atoms with Crippen molar-refractivity contribution in [1.82, 2.24) is 10.6 Å². The van der Waals surface area contributed by atoms with Crippen molar-refractivity contribution in [2.45, 2.75) is 60.0 Å². The molecule has 0 radical (unpaired) electrons. The smallest absolute Gasteiger partial charge is 0.261 e. The van der Waals surface area contributed by atoms with Crippen molar-refractivity contribution in [3.63, 3.8) is 0 Å². The van der Waals surface area contributed by atoms with Crippen LogP contribution in [0.15, 0.2) is 57.6 Å². The molecule has 2 aromatic carbocycles. The largest absolute Gasteiger partial charge is 0.401 e. The maximum atomic E-state index is 13.6. The Kier molecular flexibility index (Phi) is 17.7. The molecule has 238 valence electrons. The third kappa shape index (κ3) is 11.5. The van der Waals surface area contributed by atoms with Crippen molar-refractivity contribution in [2.24, 2.45) is 33.6 Å². The highest BCUT2D eigenvalue weighted by molar-refractivity contribution is 8.02. The van der Waals surface area contributed by atoms with Crippen molar-refractivity contribution in [2.75, 3.05) is 0 Å². The molecule has 0 saturated heterocycles. The molecule has 3 rings (SSSR count). The lowest BCUT2D eigenvalue weighted by molar-refractivity contribution is -0.117. The topological polar surface area (TPSA) is 162 Å². The second kappa shape index (κ2) is 19.7. The van der Waals surface area contributed by atoms with E-state index in [0.717, 1.165) is 43.2 Å². The third-order valence-corrected chi connectivity index (χ3v) is 8.34. The van der Waals surface area contributed by atoms with Crippen LogP contribution in [0.25, 0.3) is 0 Å². The molecule has 8 nitrogen and oxygen atoms in total. The predicted octanol–water partition coefficient (Wildman–Crippen LogP) is 6.23. The minimum Gasteiger partial charge on any atom is -0.401 e. The number of rotatable bonds is 10. The van der Waals surface area contributed by atoms with E-state index in [9.17, 15) is 18.4 Å². The number of nitrogens with one attached hydrogen (secondary N) is 2. The van der Waals surface area contributed by atoms with Crippen molar-refractivity contribution in [3.05, 3.63) is 90.4 Å². The van der Waals surface area contributed by atoms with E-state index in [1.165, 1.54) is 24.3 Å². The van der Waals surface area contributed by atoms with Crippen LogP contribution in [-0.2, 0) is 22.7 Å². The van der Waals surface area contributed by atoms with Gasteiger partial charge in [-0.05, 0) is 72.8 Å². The maximum Gasteiger partial charge on any atom is 0.261 e. The Balaban J connectivity index is 0.000000407. The first-order chi connectivity index (χ1) is 20.4. The zero-order chi connectivity index (χ0) is 32.7. The van der Waals surface area contributed by atoms with E-state index in [0.29, 0.717) is 16.3 Å². The summed E-state index contributed by atoms with van der Waals surface area (Å²) in [6.07, 6.45) is 3.06. The summed E-state index contributed by atoms with van der Waals surface area (Å²) in [5.41, 5.74) is 13.2. The van der Waals surface area contributed by atoms with Crippen molar-refractivity contribution < 1.29 is 18.4 Å². The molecule has 0 unspecified atom stereocenters. The average molecular weight is 678 g/mol. The van der Waals surface area contributed by atoms with Gasteiger partial charge in [-0.1, -0.05) is 69.5 Å². The molecular weight excluding hydrogens is 637 g/mol. The fraction of sp³-hybridized carbons (Fsp3) is 0.379. The number of hydrogen-bond donors (Lipinski definition) is 6. The number of allylic oxidation sites excluding steroid dienone is 2. The highest BCUT2D eigenvalue weighted by Crippen LogP contribution is 2.33. The van der Waals surface area contributed by atoms with Gasteiger partial charge in [0.05, 0.1) is 0 Å². The molecule has 1 fully saturated rings. The Morgan fingerprint density at radius 1 is 0.860 bits per heavy atom. The van der Waals surface area contributed by atoms with E-state index in [4.69, 9.17) is 44.9 Å². The van der Waals surface area contributed by atoms with Crippen LogP contribution < -0.4 is 32.4 Å². The van der Waals surface area contributed by atoms with Gasteiger partial charge in [-0.15, -0.1) is 0 Å². The van der Waals surface area contributed by atoms with Gasteiger partial charge in [-0.25, -0.2) is 8.78 Å². The maximum absolute atomic E-state index is 13.6. The molecule has 0 aliphatic heterocycles. The van der Waals surface area contributed by atoms with Gasteiger partial charge in [0.15, 0.2) is 0 Å². The van der Waals surface area contributed by atoms with Gasteiger partial charge in [-0.3, -0.25) is 19.9 Å². The summed E-state index contributed by atoms with van der Waals surface area (Å²) in [6, 6.07) is 8.72. The Morgan fingerprint density at radius 2 is 1.28 bits per heavy atom. The fourth-order valence-electron chi connectivity index (χ4n) is 3.57. The van der Waals surface area contributed by atoms with Crippen LogP contribution in [0.4, 0.5) is 8.78 Å². The standard InChI is InChI=1S/C14H17ClFN3OS.C13H17ClFN3OS.C2H6/c15-10-5-2-6-11(16)9(10)7-19-14(20)13(21-18)12(17)8-3-1-4-8;1-7(2)11(16)12(20-17)13(19)18-6-8-9(14)4-3-5-10(8)15;1-2/h2,5-6,8H,1,3-4,7,17-18H2,(H,19,20);3-5,7H,6,16-17H2,1-2H3,(H,18,19);1-2H3/b13-12-;12-11-;. The van der Waals surface area contributed by atoms with E-state index in [1.54, 1.807) is 12.1 Å². The molecule has 1 aliphatic rings. The van der Waals surface area contributed by atoms with E-state index in [2.05, 4.69) is 10.6 Å². The second-order valence-electron chi connectivity index (χ2n) is 9.35. The fourth-order valence-corrected chi connectivity index (χ4v) is 5.07. The van der Waals surface area contributed by atoms with Gasteiger partial charge in [-0.2, -0.15) is 0 Å². The Morgan fingerprint density at radius 3 is 1.60 bits per heavy atom. The first kappa shape index (κ1) is 38.5. The van der Waals surface area contributed by atoms with E-state index in [-0.39, 0.29) is 51.0 Å². The van der Waals surface area contributed by atoms with E-state index < -0.39 is 23.4 Å². The Bertz CT molecular complexity index is 1270. The number of carbonyl (C=O) groups excluding carboxylic acids is 2. The molecule has 0 atom stereocenters. The van der Waals surface area contributed by atoms with Crippen molar-refractivity contribution >= 4 is 58.9 Å². The van der Waals surface area contributed by atoms with E-state index in [1.807, 2.05) is 27.7 Å². The molecule has 2 amide bonds. The third-order valence-electron chi connectivity index (χ3n) is 6.31. The van der Waals surface area contributed by atoms with Gasteiger partial charge in [0, 0.05) is 45.7 Å². The molecule has 14 heteroatoms. The lowest BCUT2D eigenvalue weighted by Gasteiger charge is -2.27. The molecule has 43 heavy (non-hydrogen) atoms. The summed E-state index contributed by atoms with van der Waals surface area (Å²) in [4.78, 5) is 24.7. The molecule has 1 aliphatic carbocycles. The lowest BCUT2D eigenvalue weighted by atomic mass is 9.83. The van der Waals surface area contributed by atoms with Crippen LogP contribution in [0.1, 0.15) is 58.1 Å². The number of nitrogens with two attached hydrogens (primary N) is 4. The zero-order valence-corrected chi connectivity index (χ0v) is 27.8. The first-order valence-electron chi connectivity index (χ1n) is 13.6. The highest BCUT2D eigenvalue weighted by atomic mass is 35.5. The summed E-state index contributed by atoms with van der Waals surface area (Å²) in [5.74, 6) is -1.56. The highest BCUT2D eigenvalue weighted by Gasteiger charge is 2.25. The van der Waals surface area contributed by atoms with Crippen LogP contribution in [0.2, 0.25) is 10.0 Å². The molecule has 10 N–H and O–H groups in total. The number of benzene rings is 2. The number of hydrogen-bond acceptors (Lipinski definition) is 8. The molecular formula is C29H40Cl2F2N6O2S2. The predicted molar refractivity (Wildman–Crippen MR) is 176 cm³/mol. The molecule has 0 bridgehead atoms. The van der Waals surface area contributed by atoms with Crippen molar-refractivity contribution in [1.29, 1.82) is 0 Å². The molecule has 0 spiro atoms. The van der Waals surface area contributed by atoms with Crippen LogP contribution in [0, 0.1) is 23.5 Å². The SMILES string of the molecule is CC.CC(C)/C(N)=C(/SN)C(=O)NCc1c(F)cccc1Cl.NS/C(C(=O)NCc1c(F)cccc1Cl)=C(\N)C1CCC1.